The van der Waals surface area contributed by atoms with Gasteiger partial charge in [-0.05, 0) is 29.7 Å². The fourth-order valence-corrected chi connectivity index (χ4v) is 2.04. The molecule has 1 unspecified atom stereocenters. The van der Waals surface area contributed by atoms with Gasteiger partial charge in [-0.2, -0.15) is 5.26 Å². The third kappa shape index (κ3) is 3.84. The van der Waals surface area contributed by atoms with Crippen molar-refractivity contribution in [1.29, 1.82) is 5.26 Å². The lowest BCUT2D eigenvalue weighted by atomic mass is 10.1. The Morgan fingerprint density at radius 3 is 2.40 bits per heavy atom. The molecule has 0 spiro atoms. The zero-order valence-electron chi connectivity index (χ0n) is 11.5. The summed E-state index contributed by atoms with van der Waals surface area (Å²) in [6, 6.07) is 19.8. The van der Waals surface area contributed by atoms with Gasteiger partial charge < -0.3 is 4.74 Å². The Balaban J connectivity index is 1.90. The monoisotopic (exact) mass is 266 g/mol. The average molecular weight is 266 g/mol. The molecule has 0 aliphatic heterocycles. The standard InChI is InChI=1S/C17H18N2O/c1-20-16-9-7-15(8-10-16)17(13-18)19-12-11-14-5-3-2-4-6-14/h2-10,17,19H,11-12H2,1H3. The third-order valence-electron chi connectivity index (χ3n) is 3.18. The van der Waals surface area contributed by atoms with Crippen LogP contribution in [0.2, 0.25) is 0 Å². The molecule has 2 rings (SSSR count). The molecular weight excluding hydrogens is 248 g/mol. The molecule has 0 amide bonds. The van der Waals surface area contributed by atoms with Crippen LogP contribution in [-0.4, -0.2) is 13.7 Å². The van der Waals surface area contributed by atoms with Gasteiger partial charge in [0.1, 0.15) is 11.8 Å². The molecule has 3 nitrogen and oxygen atoms in total. The molecule has 0 heterocycles. The minimum absolute atomic E-state index is 0.287. The molecule has 20 heavy (non-hydrogen) atoms. The van der Waals surface area contributed by atoms with Crippen LogP contribution in [0.4, 0.5) is 0 Å². The lowest BCUT2D eigenvalue weighted by Crippen LogP contribution is -2.22. The number of hydrogen-bond acceptors (Lipinski definition) is 3. The minimum Gasteiger partial charge on any atom is -0.497 e. The highest BCUT2D eigenvalue weighted by Crippen LogP contribution is 2.17. The van der Waals surface area contributed by atoms with E-state index in [9.17, 15) is 5.26 Å². The Bertz CT molecular complexity index is 558. The maximum atomic E-state index is 9.26. The van der Waals surface area contributed by atoms with Gasteiger partial charge in [-0.1, -0.05) is 42.5 Å². The predicted octanol–water partition coefficient (Wildman–Crippen LogP) is 3.09. The molecule has 0 aliphatic carbocycles. The molecule has 0 aliphatic rings. The fourth-order valence-electron chi connectivity index (χ4n) is 2.04. The van der Waals surface area contributed by atoms with E-state index < -0.39 is 0 Å². The Labute approximate surface area is 119 Å². The highest BCUT2D eigenvalue weighted by atomic mass is 16.5. The second-order valence-electron chi connectivity index (χ2n) is 4.52. The number of nitrogens with zero attached hydrogens (tertiary/aromatic N) is 1. The molecule has 0 fully saturated rings. The zero-order chi connectivity index (χ0) is 14.2. The zero-order valence-corrected chi connectivity index (χ0v) is 11.5. The molecule has 0 saturated carbocycles. The molecule has 1 N–H and O–H groups in total. The number of hydrogen-bond donors (Lipinski definition) is 1. The van der Waals surface area contributed by atoms with Crippen LogP contribution in [0.15, 0.2) is 54.6 Å². The first kappa shape index (κ1) is 14.1. The van der Waals surface area contributed by atoms with Gasteiger partial charge in [0.25, 0.3) is 0 Å². The number of rotatable bonds is 6. The molecule has 1 atom stereocenters. The van der Waals surface area contributed by atoms with Gasteiger partial charge in [0.15, 0.2) is 0 Å². The van der Waals surface area contributed by atoms with Gasteiger partial charge in [-0.15, -0.1) is 0 Å². The predicted molar refractivity (Wildman–Crippen MR) is 79.5 cm³/mol. The Hall–Kier alpha value is -2.31. The summed E-state index contributed by atoms with van der Waals surface area (Å²) >= 11 is 0. The van der Waals surface area contributed by atoms with Crippen molar-refractivity contribution in [2.75, 3.05) is 13.7 Å². The lowest BCUT2D eigenvalue weighted by molar-refractivity contribution is 0.414. The summed E-state index contributed by atoms with van der Waals surface area (Å²) in [4.78, 5) is 0. The largest absolute Gasteiger partial charge is 0.497 e. The third-order valence-corrected chi connectivity index (χ3v) is 3.18. The van der Waals surface area contributed by atoms with Crippen molar-refractivity contribution in [2.24, 2.45) is 0 Å². The minimum atomic E-state index is -0.287. The lowest BCUT2D eigenvalue weighted by Gasteiger charge is -2.12. The molecule has 2 aromatic rings. The van der Waals surface area contributed by atoms with E-state index in [0.717, 1.165) is 24.3 Å². The van der Waals surface area contributed by atoms with E-state index in [1.807, 2.05) is 42.5 Å². The molecule has 2 aromatic carbocycles. The van der Waals surface area contributed by atoms with Crippen molar-refractivity contribution in [3.05, 3.63) is 65.7 Å². The van der Waals surface area contributed by atoms with Crippen LogP contribution in [0.1, 0.15) is 17.2 Å². The summed E-state index contributed by atoms with van der Waals surface area (Å²) in [6.45, 7) is 0.772. The Kier molecular flexibility index (Phi) is 5.16. The Morgan fingerprint density at radius 1 is 1.10 bits per heavy atom. The van der Waals surface area contributed by atoms with Gasteiger partial charge in [0, 0.05) is 6.54 Å². The highest BCUT2D eigenvalue weighted by Gasteiger charge is 2.09. The van der Waals surface area contributed by atoms with Crippen LogP contribution >= 0.6 is 0 Å². The van der Waals surface area contributed by atoms with E-state index in [1.54, 1.807) is 7.11 Å². The van der Waals surface area contributed by atoms with Crippen molar-refractivity contribution in [1.82, 2.24) is 5.32 Å². The van der Waals surface area contributed by atoms with Gasteiger partial charge in [-0.3, -0.25) is 5.32 Å². The number of nitrogens with one attached hydrogen (secondary N) is 1. The maximum Gasteiger partial charge on any atom is 0.121 e. The van der Waals surface area contributed by atoms with Gasteiger partial charge in [-0.25, -0.2) is 0 Å². The van der Waals surface area contributed by atoms with E-state index in [2.05, 4.69) is 23.5 Å². The summed E-state index contributed by atoms with van der Waals surface area (Å²) in [5.74, 6) is 0.801. The molecule has 0 radical (unpaired) electrons. The van der Waals surface area contributed by atoms with Crippen LogP contribution in [0.25, 0.3) is 0 Å². The molecule has 0 saturated heterocycles. The quantitative estimate of drug-likeness (QED) is 0.874. The van der Waals surface area contributed by atoms with Crippen LogP contribution in [0, 0.1) is 11.3 Å². The highest BCUT2D eigenvalue weighted by molar-refractivity contribution is 5.31. The van der Waals surface area contributed by atoms with Crippen LogP contribution in [0.5, 0.6) is 5.75 Å². The fraction of sp³-hybridized carbons (Fsp3) is 0.235. The van der Waals surface area contributed by atoms with E-state index in [4.69, 9.17) is 4.74 Å². The maximum absolute atomic E-state index is 9.26. The molecule has 102 valence electrons. The smallest absolute Gasteiger partial charge is 0.121 e. The average Bonchev–Trinajstić information content (AvgIpc) is 2.53. The summed E-state index contributed by atoms with van der Waals surface area (Å²) < 4.78 is 5.12. The van der Waals surface area contributed by atoms with Crippen molar-refractivity contribution in [3.63, 3.8) is 0 Å². The summed E-state index contributed by atoms with van der Waals surface area (Å²) in [5.41, 5.74) is 2.23. The topological polar surface area (TPSA) is 45.0 Å². The number of methoxy groups -OCH3 is 1. The van der Waals surface area contributed by atoms with Gasteiger partial charge >= 0.3 is 0 Å². The van der Waals surface area contributed by atoms with E-state index >= 15 is 0 Å². The summed E-state index contributed by atoms with van der Waals surface area (Å²) in [5, 5.41) is 12.5. The molecule has 3 heteroatoms. The second-order valence-corrected chi connectivity index (χ2v) is 4.52. The van der Waals surface area contributed by atoms with Crippen LogP contribution in [0.3, 0.4) is 0 Å². The van der Waals surface area contributed by atoms with E-state index in [0.29, 0.717) is 0 Å². The van der Waals surface area contributed by atoms with E-state index in [-0.39, 0.29) is 6.04 Å². The first-order chi connectivity index (χ1) is 9.83. The van der Waals surface area contributed by atoms with Gasteiger partial charge in [0.05, 0.1) is 13.2 Å². The van der Waals surface area contributed by atoms with Crippen molar-refractivity contribution < 1.29 is 4.74 Å². The van der Waals surface area contributed by atoms with Crippen molar-refractivity contribution >= 4 is 0 Å². The van der Waals surface area contributed by atoms with Crippen molar-refractivity contribution in [3.8, 4) is 11.8 Å². The normalized spacial score (nSPS) is 11.6. The number of nitriles is 1. The van der Waals surface area contributed by atoms with Crippen LogP contribution in [-0.2, 0) is 6.42 Å². The van der Waals surface area contributed by atoms with Crippen molar-refractivity contribution in [2.45, 2.75) is 12.5 Å². The SMILES string of the molecule is COc1ccc(C(C#N)NCCc2ccccc2)cc1. The molecule has 0 aromatic heterocycles. The molecular formula is C17H18N2O. The van der Waals surface area contributed by atoms with Gasteiger partial charge in [0.2, 0.25) is 0 Å². The Morgan fingerprint density at radius 2 is 1.80 bits per heavy atom. The second kappa shape index (κ2) is 7.32. The summed E-state index contributed by atoms with van der Waals surface area (Å²) in [7, 11) is 1.63. The summed E-state index contributed by atoms with van der Waals surface area (Å²) in [6.07, 6.45) is 0.912. The number of benzene rings is 2. The first-order valence-corrected chi connectivity index (χ1v) is 6.64. The van der Waals surface area contributed by atoms with Crippen LogP contribution < -0.4 is 10.1 Å². The first-order valence-electron chi connectivity index (χ1n) is 6.64. The number of ether oxygens (including phenoxy) is 1. The van der Waals surface area contributed by atoms with E-state index in [1.165, 1.54) is 5.56 Å². The molecule has 0 bridgehead atoms.